The molecule has 0 fully saturated rings. The van der Waals surface area contributed by atoms with E-state index in [2.05, 4.69) is 5.32 Å². The summed E-state index contributed by atoms with van der Waals surface area (Å²) in [4.78, 5) is 0. The first-order chi connectivity index (χ1) is 6.83. The number of para-hydroxylation sites is 1. The van der Waals surface area contributed by atoms with Crippen molar-refractivity contribution in [3.8, 4) is 5.75 Å². The molecule has 0 aromatic heterocycles. The maximum Gasteiger partial charge on any atom is 0.147 e. The van der Waals surface area contributed by atoms with Crippen LogP contribution in [0.4, 0.5) is 5.69 Å². The number of rotatable bonds is 5. The van der Waals surface area contributed by atoms with Gasteiger partial charge in [-0.05, 0) is 6.07 Å². The molecule has 0 bridgehead atoms. The van der Waals surface area contributed by atoms with Crippen molar-refractivity contribution in [1.29, 1.82) is 0 Å². The Kier molecular flexibility index (Phi) is 4.22. The number of hydrogen-bond acceptors (Lipinski definition) is 4. The first-order valence-corrected chi connectivity index (χ1v) is 4.47. The Hall–Kier alpha value is -1.26. The lowest BCUT2D eigenvalue weighted by atomic mass is 10.2. The molecule has 0 atom stereocenters. The number of hydrogen-bond donors (Lipinski definition) is 3. The lowest BCUT2D eigenvalue weighted by molar-refractivity contribution is 0.196. The fraction of sp³-hybridized carbons (Fsp3) is 0.400. The molecular weight excluding hydrogens is 182 g/mol. The highest BCUT2D eigenvalue weighted by molar-refractivity contribution is 5.59. The van der Waals surface area contributed by atoms with Crippen molar-refractivity contribution in [3.63, 3.8) is 0 Å². The summed E-state index contributed by atoms with van der Waals surface area (Å²) in [5.74, 6) is 0.603. The first kappa shape index (κ1) is 10.8. The van der Waals surface area contributed by atoms with E-state index >= 15 is 0 Å². The van der Waals surface area contributed by atoms with E-state index in [4.69, 9.17) is 14.9 Å². The summed E-state index contributed by atoms with van der Waals surface area (Å²) in [5.41, 5.74) is 1.52. The summed E-state index contributed by atoms with van der Waals surface area (Å²) in [6.07, 6.45) is 0. The van der Waals surface area contributed by atoms with E-state index in [9.17, 15) is 0 Å². The topological polar surface area (TPSA) is 61.7 Å². The van der Waals surface area contributed by atoms with Crippen LogP contribution < -0.4 is 10.1 Å². The first-order valence-electron chi connectivity index (χ1n) is 4.47. The van der Waals surface area contributed by atoms with Crippen LogP contribution in [0.1, 0.15) is 5.56 Å². The van der Waals surface area contributed by atoms with Gasteiger partial charge in [-0.25, -0.2) is 0 Å². The minimum Gasteiger partial charge on any atom is -0.489 e. The maximum atomic E-state index is 9.07. The quantitative estimate of drug-likeness (QED) is 0.646. The summed E-state index contributed by atoms with van der Waals surface area (Å²) >= 11 is 0. The van der Waals surface area contributed by atoms with Crippen molar-refractivity contribution in [1.82, 2.24) is 0 Å². The van der Waals surface area contributed by atoms with E-state index in [1.165, 1.54) is 0 Å². The Bertz CT molecular complexity index is 266. The lowest BCUT2D eigenvalue weighted by Crippen LogP contribution is -2.06. The van der Waals surface area contributed by atoms with Crippen LogP contribution >= 0.6 is 0 Å². The number of aliphatic hydroxyl groups excluding tert-OH is 2. The Morgan fingerprint density at radius 3 is 2.71 bits per heavy atom. The van der Waals surface area contributed by atoms with Gasteiger partial charge in [0, 0.05) is 12.6 Å². The Morgan fingerprint density at radius 2 is 2.14 bits per heavy atom. The van der Waals surface area contributed by atoms with Gasteiger partial charge < -0.3 is 20.3 Å². The molecular formula is C10H15NO3. The maximum absolute atomic E-state index is 9.07. The molecule has 3 N–H and O–H groups in total. The third-order valence-electron chi connectivity index (χ3n) is 1.87. The van der Waals surface area contributed by atoms with Crippen LogP contribution in [-0.2, 0) is 6.61 Å². The monoisotopic (exact) mass is 197 g/mol. The van der Waals surface area contributed by atoms with Gasteiger partial charge in [0.1, 0.15) is 12.4 Å². The normalized spacial score (nSPS) is 9.93. The molecule has 1 aromatic rings. The second-order valence-electron chi connectivity index (χ2n) is 2.77. The molecule has 0 aliphatic carbocycles. The summed E-state index contributed by atoms with van der Waals surface area (Å²) in [6, 6.07) is 5.47. The van der Waals surface area contributed by atoms with Crippen molar-refractivity contribution >= 4 is 5.69 Å². The van der Waals surface area contributed by atoms with Crippen LogP contribution in [0, 0.1) is 0 Å². The van der Waals surface area contributed by atoms with Crippen molar-refractivity contribution in [2.24, 2.45) is 0 Å². The second-order valence-corrected chi connectivity index (χ2v) is 2.77. The molecule has 1 aromatic carbocycles. The fourth-order valence-electron chi connectivity index (χ4n) is 1.22. The summed E-state index contributed by atoms with van der Waals surface area (Å²) < 4.78 is 5.33. The number of nitrogens with one attached hydrogen (secondary N) is 1. The largest absolute Gasteiger partial charge is 0.489 e. The average molecular weight is 197 g/mol. The lowest BCUT2D eigenvalue weighted by Gasteiger charge is -2.13. The highest BCUT2D eigenvalue weighted by Gasteiger charge is 2.07. The third kappa shape index (κ3) is 2.37. The molecule has 0 radical (unpaired) electrons. The molecule has 0 unspecified atom stereocenters. The van der Waals surface area contributed by atoms with Gasteiger partial charge in [0.05, 0.1) is 18.9 Å². The molecule has 1 rings (SSSR count). The Labute approximate surface area is 83.1 Å². The standard InChI is InChI=1S/C10H15NO3/c1-11-9-4-2-3-8(7-13)10(9)14-6-5-12/h2-4,11-13H,5-7H2,1H3. The van der Waals surface area contributed by atoms with Crippen molar-refractivity contribution in [3.05, 3.63) is 23.8 Å². The highest BCUT2D eigenvalue weighted by atomic mass is 16.5. The van der Waals surface area contributed by atoms with Crippen LogP contribution in [0.15, 0.2) is 18.2 Å². The van der Waals surface area contributed by atoms with Crippen molar-refractivity contribution in [2.45, 2.75) is 6.61 Å². The minimum absolute atomic E-state index is 0.0388. The highest BCUT2D eigenvalue weighted by Crippen LogP contribution is 2.28. The van der Waals surface area contributed by atoms with Gasteiger partial charge in [-0.1, -0.05) is 12.1 Å². The van der Waals surface area contributed by atoms with Gasteiger partial charge in [0.25, 0.3) is 0 Å². The predicted octanol–water partition coefficient (Wildman–Crippen LogP) is 0.592. The third-order valence-corrected chi connectivity index (χ3v) is 1.87. The van der Waals surface area contributed by atoms with Crippen molar-refractivity contribution < 1.29 is 14.9 Å². The van der Waals surface area contributed by atoms with Crippen LogP contribution in [0.3, 0.4) is 0 Å². The van der Waals surface area contributed by atoms with Gasteiger partial charge in [0.2, 0.25) is 0 Å². The molecule has 0 heterocycles. The molecule has 4 heteroatoms. The van der Waals surface area contributed by atoms with E-state index < -0.39 is 0 Å². The fourth-order valence-corrected chi connectivity index (χ4v) is 1.22. The zero-order chi connectivity index (χ0) is 10.4. The van der Waals surface area contributed by atoms with Crippen LogP contribution in [0.5, 0.6) is 5.75 Å². The van der Waals surface area contributed by atoms with Crippen LogP contribution in [-0.4, -0.2) is 30.5 Å². The summed E-state index contributed by atoms with van der Waals surface area (Å²) in [6.45, 7) is 0.116. The van der Waals surface area contributed by atoms with E-state index in [0.717, 1.165) is 5.69 Å². The molecule has 0 aliphatic rings. The van der Waals surface area contributed by atoms with Gasteiger partial charge in [0.15, 0.2) is 0 Å². The Balaban J connectivity index is 2.93. The van der Waals surface area contributed by atoms with E-state index in [0.29, 0.717) is 11.3 Å². The van der Waals surface area contributed by atoms with Gasteiger partial charge in [-0.15, -0.1) is 0 Å². The number of aliphatic hydroxyl groups is 2. The van der Waals surface area contributed by atoms with Gasteiger partial charge in [-0.2, -0.15) is 0 Å². The molecule has 0 aliphatic heterocycles. The number of benzene rings is 1. The zero-order valence-corrected chi connectivity index (χ0v) is 8.16. The SMILES string of the molecule is CNc1cccc(CO)c1OCCO. The molecule has 78 valence electrons. The van der Waals surface area contributed by atoms with E-state index in [-0.39, 0.29) is 19.8 Å². The van der Waals surface area contributed by atoms with Gasteiger partial charge >= 0.3 is 0 Å². The van der Waals surface area contributed by atoms with Crippen LogP contribution in [0.2, 0.25) is 0 Å². The molecule has 0 spiro atoms. The van der Waals surface area contributed by atoms with E-state index in [1.807, 2.05) is 12.1 Å². The minimum atomic E-state index is -0.0731. The number of anilines is 1. The predicted molar refractivity (Wildman–Crippen MR) is 54.5 cm³/mol. The molecule has 0 saturated heterocycles. The molecule has 14 heavy (non-hydrogen) atoms. The average Bonchev–Trinajstić information content (AvgIpc) is 2.25. The molecule has 0 amide bonds. The molecule has 4 nitrogen and oxygen atoms in total. The second kappa shape index (κ2) is 5.47. The molecule has 0 saturated carbocycles. The number of ether oxygens (including phenoxy) is 1. The van der Waals surface area contributed by atoms with Gasteiger partial charge in [-0.3, -0.25) is 0 Å². The van der Waals surface area contributed by atoms with Crippen LogP contribution in [0.25, 0.3) is 0 Å². The smallest absolute Gasteiger partial charge is 0.147 e. The van der Waals surface area contributed by atoms with E-state index in [1.54, 1.807) is 13.1 Å². The Morgan fingerprint density at radius 1 is 1.36 bits per heavy atom. The zero-order valence-electron chi connectivity index (χ0n) is 8.16. The summed E-state index contributed by atoms with van der Waals surface area (Å²) in [7, 11) is 1.78. The summed E-state index contributed by atoms with van der Waals surface area (Å²) in [5, 5.41) is 20.7. The van der Waals surface area contributed by atoms with Crippen molar-refractivity contribution in [2.75, 3.05) is 25.6 Å².